The van der Waals surface area contributed by atoms with Gasteiger partial charge in [0, 0.05) is 6.54 Å². The van der Waals surface area contributed by atoms with Crippen molar-refractivity contribution in [3.63, 3.8) is 0 Å². The fraction of sp³-hybridized carbons (Fsp3) is 0.400. The summed E-state index contributed by atoms with van der Waals surface area (Å²) >= 11 is 0. The number of aliphatic hydroxyl groups is 1. The van der Waals surface area contributed by atoms with Crippen LogP contribution in [0.15, 0.2) is 12.1 Å². The van der Waals surface area contributed by atoms with E-state index in [2.05, 4.69) is 0 Å². The number of aliphatic hydroxyl groups excluding tert-OH is 1. The Bertz CT molecular complexity index is 319. The molecule has 3 N–H and O–H groups in total. The van der Waals surface area contributed by atoms with Gasteiger partial charge in [-0.15, -0.1) is 0 Å². The van der Waals surface area contributed by atoms with Crippen LogP contribution in [-0.4, -0.2) is 17.8 Å². The normalized spacial score (nSPS) is 12.6. The Morgan fingerprint density at radius 2 is 1.93 bits per heavy atom. The summed E-state index contributed by atoms with van der Waals surface area (Å²) in [5.41, 5.74) is 5.60. The summed E-state index contributed by atoms with van der Waals surface area (Å²) in [6.07, 6.45) is -0.780. The Hall–Kier alpha value is -1.20. The maximum Gasteiger partial charge on any atom is 0.190 e. The third kappa shape index (κ3) is 3.14. The Labute approximate surface area is 86.5 Å². The molecule has 0 heterocycles. The van der Waals surface area contributed by atoms with E-state index in [1.54, 1.807) is 0 Å². The number of nitrogens with two attached hydrogens (primary N) is 1. The SMILES string of the molecule is CC(O)COc1c(F)cc(CN)cc1F. The van der Waals surface area contributed by atoms with Crippen LogP contribution in [-0.2, 0) is 6.54 Å². The van der Waals surface area contributed by atoms with Gasteiger partial charge in [-0.05, 0) is 24.6 Å². The standard InChI is InChI=1S/C10H13F2NO2/c1-6(14)5-15-10-8(11)2-7(4-13)3-9(10)12/h2-3,6,14H,4-5,13H2,1H3. The molecular formula is C10H13F2NO2. The molecule has 0 saturated heterocycles. The number of halogens is 2. The Kier molecular flexibility index (Phi) is 3.99. The first-order valence-corrected chi connectivity index (χ1v) is 4.53. The van der Waals surface area contributed by atoms with Crippen LogP contribution in [0.5, 0.6) is 5.75 Å². The molecule has 1 aromatic carbocycles. The first-order valence-electron chi connectivity index (χ1n) is 4.53. The average Bonchev–Trinajstić information content (AvgIpc) is 2.15. The van der Waals surface area contributed by atoms with Crippen LogP contribution < -0.4 is 10.5 Å². The van der Waals surface area contributed by atoms with Crippen molar-refractivity contribution < 1.29 is 18.6 Å². The second-order valence-corrected chi connectivity index (χ2v) is 3.25. The highest BCUT2D eigenvalue weighted by Crippen LogP contribution is 2.23. The molecule has 0 fully saturated rings. The zero-order valence-corrected chi connectivity index (χ0v) is 8.34. The highest BCUT2D eigenvalue weighted by atomic mass is 19.1. The molecule has 1 atom stereocenters. The van der Waals surface area contributed by atoms with Gasteiger partial charge in [0.1, 0.15) is 6.61 Å². The van der Waals surface area contributed by atoms with Crippen LogP contribution in [0.25, 0.3) is 0 Å². The summed E-state index contributed by atoms with van der Waals surface area (Å²) in [4.78, 5) is 0. The maximum atomic E-state index is 13.2. The fourth-order valence-electron chi connectivity index (χ4n) is 1.07. The van der Waals surface area contributed by atoms with Crippen molar-refractivity contribution in [2.75, 3.05) is 6.61 Å². The molecule has 84 valence electrons. The molecular weight excluding hydrogens is 204 g/mol. The minimum absolute atomic E-state index is 0.0600. The lowest BCUT2D eigenvalue weighted by Crippen LogP contribution is -2.14. The van der Waals surface area contributed by atoms with Crippen LogP contribution >= 0.6 is 0 Å². The first kappa shape index (κ1) is 11.9. The van der Waals surface area contributed by atoms with Gasteiger partial charge < -0.3 is 15.6 Å². The van der Waals surface area contributed by atoms with Gasteiger partial charge in [0.15, 0.2) is 17.4 Å². The Morgan fingerprint density at radius 3 is 2.33 bits per heavy atom. The van der Waals surface area contributed by atoms with E-state index in [-0.39, 0.29) is 13.2 Å². The highest BCUT2D eigenvalue weighted by Gasteiger charge is 2.12. The second-order valence-electron chi connectivity index (χ2n) is 3.25. The largest absolute Gasteiger partial charge is 0.485 e. The molecule has 15 heavy (non-hydrogen) atoms. The van der Waals surface area contributed by atoms with Crippen LogP contribution in [0.2, 0.25) is 0 Å². The zero-order chi connectivity index (χ0) is 11.4. The lowest BCUT2D eigenvalue weighted by atomic mass is 10.2. The van der Waals surface area contributed by atoms with Crippen molar-refractivity contribution in [2.24, 2.45) is 5.73 Å². The predicted octanol–water partition coefficient (Wildman–Crippen LogP) is 1.18. The number of benzene rings is 1. The van der Waals surface area contributed by atoms with Crippen molar-refractivity contribution in [1.29, 1.82) is 0 Å². The van der Waals surface area contributed by atoms with Crippen LogP contribution in [0, 0.1) is 11.6 Å². The maximum absolute atomic E-state index is 13.2. The van der Waals surface area contributed by atoms with Crippen molar-refractivity contribution in [3.8, 4) is 5.75 Å². The summed E-state index contributed by atoms with van der Waals surface area (Å²) in [6, 6.07) is 2.22. The molecule has 1 aromatic rings. The molecule has 5 heteroatoms. The van der Waals surface area contributed by atoms with Gasteiger partial charge >= 0.3 is 0 Å². The molecule has 3 nitrogen and oxygen atoms in total. The third-order valence-corrected chi connectivity index (χ3v) is 1.76. The van der Waals surface area contributed by atoms with Gasteiger partial charge in [-0.1, -0.05) is 0 Å². The quantitative estimate of drug-likeness (QED) is 0.796. The van der Waals surface area contributed by atoms with Gasteiger partial charge in [0.25, 0.3) is 0 Å². The van der Waals surface area contributed by atoms with Crippen molar-refractivity contribution in [2.45, 2.75) is 19.6 Å². The summed E-state index contributed by atoms with van der Waals surface area (Å²) in [5.74, 6) is -2.10. The number of rotatable bonds is 4. The van der Waals surface area contributed by atoms with E-state index in [1.165, 1.54) is 6.92 Å². The summed E-state index contributed by atoms with van der Waals surface area (Å²) in [6.45, 7) is 1.37. The van der Waals surface area contributed by atoms with Gasteiger partial charge in [-0.2, -0.15) is 0 Å². The van der Waals surface area contributed by atoms with E-state index in [9.17, 15) is 8.78 Å². The molecule has 0 aliphatic carbocycles. The third-order valence-electron chi connectivity index (χ3n) is 1.76. The lowest BCUT2D eigenvalue weighted by molar-refractivity contribution is 0.117. The van der Waals surface area contributed by atoms with E-state index >= 15 is 0 Å². The van der Waals surface area contributed by atoms with E-state index in [0.29, 0.717) is 5.56 Å². The molecule has 1 rings (SSSR count). The van der Waals surface area contributed by atoms with Gasteiger partial charge in [0.2, 0.25) is 0 Å². The highest BCUT2D eigenvalue weighted by molar-refractivity contribution is 5.31. The monoisotopic (exact) mass is 217 g/mol. The van der Waals surface area contributed by atoms with Gasteiger partial charge in [-0.3, -0.25) is 0 Å². The molecule has 0 spiro atoms. The minimum atomic E-state index is -0.809. The summed E-state index contributed by atoms with van der Waals surface area (Å²) in [5, 5.41) is 8.91. The van der Waals surface area contributed by atoms with E-state index in [1.807, 2.05) is 0 Å². The smallest absolute Gasteiger partial charge is 0.190 e. The van der Waals surface area contributed by atoms with Gasteiger partial charge in [-0.25, -0.2) is 8.78 Å². The predicted molar refractivity (Wildman–Crippen MR) is 51.4 cm³/mol. The van der Waals surface area contributed by atoms with Crippen molar-refractivity contribution in [1.82, 2.24) is 0 Å². The zero-order valence-electron chi connectivity index (χ0n) is 8.34. The van der Waals surface area contributed by atoms with Crippen LogP contribution in [0.3, 0.4) is 0 Å². The van der Waals surface area contributed by atoms with Crippen LogP contribution in [0.1, 0.15) is 12.5 Å². The first-order chi connectivity index (χ1) is 7.04. The lowest BCUT2D eigenvalue weighted by Gasteiger charge is -2.10. The molecule has 0 bridgehead atoms. The molecule has 0 radical (unpaired) electrons. The minimum Gasteiger partial charge on any atom is -0.485 e. The Morgan fingerprint density at radius 1 is 1.40 bits per heavy atom. The molecule has 0 saturated carbocycles. The van der Waals surface area contributed by atoms with E-state index in [4.69, 9.17) is 15.6 Å². The topological polar surface area (TPSA) is 55.5 Å². The summed E-state index contributed by atoms with van der Waals surface area (Å²) in [7, 11) is 0. The van der Waals surface area contributed by atoms with Crippen molar-refractivity contribution >= 4 is 0 Å². The molecule has 1 unspecified atom stereocenters. The molecule has 0 aliphatic heterocycles. The molecule has 0 aliphatic rings. The van der Waals surface area contributed by atoms with E-state index < -0.39 is 23.5 Å². The average molecular weight is 217 g/mol. The number of hydrogen-bond acceptors (Lipinski definition) is 3. The summed E-state index contributed by atoms with van der Waals surface area (Å²) < 4.78 is 31.3. The second kappa shape index (κ2) is 5.04. The Balaban J connectivity index is 2.88. The fourth-order valence-corrected chi connectivity index (χ4v) is 1.07. The van der Waals surface area contributed by atoms with Crippen molar-refractivity contribution in [3.05, 3.63) is 29.3 Å². The molecule has 0 amide bonds. The van der Waals surface area contributed by atoms with Crippen LogP contribution in [0.4, 0.5) is 8.78 Å². The van der Waals surface area contributed by atoms with E-state index in [0.717, 1.165) is 12.1 Å². The number of hydrogen-bond donors (Lipinski definition) is 2. The number of ether oxygens (including phenoxy) is 1. The molecule has 0 aromatic heterocycles. The van der Waals surface area contributed by atoms with Gasteiger partial charge in [0.05, 0.1) is 6.10 Å².